The van der Waals surface area contributed by atoms with Crippen molar-refractivity contribution < 1.29 is 9.90 Å². The van der Waals surface area contributed by atoms with Crippen LogP contribution < -0.4 is 5.32 Å². The van der Waals surface area contributed by atoms with Crippen molar-refractivity contribution in [2.45, 2.75) is 13.8 Å². The lowest BCUT2D eigenvalue weighted by Gasteiger charge is -2.03. The number of phenols is 1. The Hall–Kier alpha value is -1.51. The molecule has 0 atom stereocenters. The van der Waals surface area contributed by atoms with Gasteiger partial charge >= 0.3 is 0 Å². The van der Waals surface area contributed by atoms with E-state index in [9.17, 15) is 4.79 Å². The summed E-state index contributed by atoms with van der Waals surface area (Å²) < 4.78 is 0. The van der Waals surface area contributed by atoms with Gasteiger partial charge < -0.3 is 10.4 Å². The van der Waals surface area contributed by atoms with Gasteiger partial charge in [-0.2, -0.15) is 0 Å². The van der Waals surface area contributed by atoms with Gasteiger partial charge in [0, 0.05) is 12.6 Å². The maximum absolute atomic E-state index is 10.6. The van der Waals surface area contributed by atoms with E-state index in [-0.39, 0.29) is 11.7 Å². The van der Waals surface area contributed by atoms with Gasteiger partial charge in [-0.3, -0.25) is 4.79 Å². The van der Waals surface area contributed by atoms with Crippen LogP contribution in [0.2, 0.25) is 0 Å². The molecule has 2 N–H and O–H groups in total. The van der Waals surface area contributed by atoms with Crippen LogP contribution >= 0.6 is 0 Å². The summed E-state index contributed by atoms with van der Waals surface area (Å²) in [7, 11) is 0. The number of carbonyl (C=O) groups excluding carboxylic acids is 1. The number of aryl methyl sites for hydroxylation is 1. The van der Waals surface area contributed by atoms with Gasteiger partial charge in [-0.25, -0.2) is 0 Å². The average Bonchev–Trinajstić information content (AvgIpc) is 1.96. The number of anilines is 1. The second-order valence-electron chi connectivity index (χ2n) is 2.68. The number of carbonyl (C=O) groups is 1. The Morgan fingerprint density at radius 3 is 2.67 bits per heavy atom. The Kier molecular flexibility index (Phi) is 2.33. The van der Waals surface area contributed by atoms with Crippen LogP contribution in [0.3, 0.4) is 0 Å². The number of hydrogen-bond acceptors (Lipinski definition) is 2. The van der Waals surface area contributed by atoms with Gasteiger partial charge in [-0.05, 0) is 30.7 Å². The molecule has 0 heterocycles. The number of benzene rings is 1. The van der Waals surface area contributed by atoms with E-state index < -0.39 is 0 Å². The number of aromatic hydroxyl groups is 1. The molecule has 0 unspecified atom stereocenters. The lowest BCUT2D eigenvalue weighted by Crippen LogP contribution is -2.05. The molecule has 0 aliphatic carbocycles. The van der Waals surface area contributed by atoms with E-state index in [4.69, 9.17) is 5.11 Å². The highest BCUT2D eigenvalue weighted by atomic mass is 16.3. The molecule has 12 heavy (non-hydrogen) atoms. The SMILES string of the molecule is CC(=O)Nc1ccc(O)c(C)c1. The Labute approximate surface area is 71.0 Å². The molecule has 0 aromatic heterocycles. The average molecular weight is 165 g/mol. The van der Waals surface area contributed by atoms with Crippen LogP contribution in [-0.2, 0) is 4.79 Å². The number of rotatable bonds is 1. The summed E-state index contributed by atoms with van der Waals surface area (Å²) in [6.45, 7) is 3.23. The van der Waals surface area contributed by atoms with Crippen molar-refractivity contribution in [1.29, 1.82) is 0 Å². The summed E-state index contributed by atoms with van der Waals surface area (Å²) in [6, 6.07) is 4.93. The minimum atomic E-state index is -0.111. The largest absolute Gasteiger partial charge is 0.508 e. The first-order valence-corrected chi connectivity index (χ1v) is 3.67. The Morgan fingerprint density at radius 2 is 2.17 bits per heavy atom. The molecule has 0 aliphatic rings. The topological polar surface area (TPSA) is 49.3 Å². The smallest absolute Gasteiger partial charge is 0.221 e. The third kappa shape index (κ3) is 1.99. The fourth-order valence-electron chi connectivity index (χ4n) is 0.936. The minimum Gasteiger partial charge on any atom is -0.508 e. The molecular weight excluding hydrogens is 154 g/mol. The lowest BCUT2D eigenvalue weighted by atomic mass is 10.2. The fraction of sp³-hybridized carbons (Fsp3) is 0.222. The summed E-state index contributed by atoms with van der Waals surface area (Å²) in [5.41, 5.74) is 1.46. The van der Waals surface area contributed by atoms with Crippen LogP contribution in [0.1, 0.15) is 12.5 Å². The zero-order valence-corrected chi connectivity index (χ0v) is 7.09. The van der Waals surface area contributed by atoms with Crippen molar-refractivity contribution in [3.8, 4) is 5.75 Å². The number of nitrogens with one attached hydrogen (secondary N) is 1. The molecule has 0 saturated heterocycles. The summed E-state index contributed by atoms with van der Waals surface area (Å²) in [5.74, 6) is 0.129. The lowest BCUT2D eigenvalue weighted by molar-refractivity contribution is -0.114. The fourth-order valence-corrected chi connectivity index (χ4v) is 0.936. The molecule has 0 spiro atoms. The Balaban J connectivity index is 2.89. The van der Waals surface area contributed by atoms with E-state index in [0.29, 0.717) is 5.69 Å². The Bertz CT molecular complexity index is 307. The van der Waals surface area contributed by atoms with Gasteiger partial charge in [-0.1, -0.05) is 0 Å². The molecule has 1 aromatic rings. The zero-order chi connectivity index (χ0) is 9.14. The van der Waals surface area contributed by atoms with Gasteiger partial charge in [-0.15, -0.1) is 0 Å². The van der Waals surface area contributed by atoms with E-state index in [0.717, 1.165) is 5.56 Å². The predicted octanol–water partition coefficient (Wildman–Crippen LogP) is 1.66. The van der Waals surface area contributed by atoms with Crippen LogP contribution in [0.15, 0.2) is 18.2 Å². The standard InChI is InChI=1S/C9H11NO2/c1-6-5-8(10-7(2)11)3-4-9(6)12/h3-5,12H,1-2H3,(H,10,11). The maximum Gasteiger partial charge on any atom is 0.221 e. The second-order valence-corrected chi connectivity index (χ2v) is 2.68. The molecule has 3 heteroatoms. The normalized spacial score (nSPS) is 9.50. The van der Waals surface area contributed by atoms with Crippen molar-refractivity contribution >= 4 is 11.6 Å². The molecule has 1 amide bonds. The van der Waals surface area contributed by atoms with Crippen LogP contribution in [0, 0.1) is 6.92 Å². The summed E-state index contributed by atoms with van der Waals surface area (Å²) in [5, 5.41) is 11.8. The van der Waals surface area contributed by atoms with E-state index in [2.05, 4.69) is 5.32 Å². The maximum atomic E-state index is 10.6. The van der Waals surface area contributed by atoms with E-state index in [1.807, 2.05) is 0 Å². The molecule has 3 nitrogen and oxygen atoms in total. The molecule has 1 rings (SSSR count). The highest BCUT2D eigenvalue weighted by molar-refractivity contribution is 5.88. The van der Waals surface area contributed by atoms with Crippen LogP contribution in [0.5, 0.6) is 5.75 Å². The quantitative estimate of drug-likeness (QED) is 0.622. The van der Waals surface area contributed by atoms with Crippen molar-refractivity contribution in [3.63, 3.8) is 0 Å². The third-order valence-electron chi connectivity index (χ3n) is 1.52. The monoisotopic (exact) mass is 165 g/mol. The predicted molar refractivity (Wildman–Crippen MR) is 47.1 cm³/mol. The summed E-state index contributed by atoms with van der Waals surface area (Å²) in [4.78, 5) is 10.6. The zero-order valence-electron chi connectivity index (χ0n) is 7.09. The van der Waals surface area contributed by atoms with E-state index in [1.54, 1.807) is 25.1 Å². The third-order valence-corrected chi connectivity index (χ3v) is 1.52. The van der Waals surface area contributed by atoms with Crippen molar-refractivity contribution in [2.75, 3.05) is 5.32 Å². The first kappa shape index (κ1) is 8.59. The Morgan fingerprint density at radius 1 is 1.50 bits per heavy atom. The number of hydrogen-bond donors (Lipinski definition) is 2. The molecule has 64 valence electrons. The molecule has 0 saturated carbocycles. The van der Waals surface area contributed by atoms with E-state index in [1.165, 1.54) is 6.92 Å². The number of amides is 1. The first-order valence-electron chi connectivity index (χ1n) is 3.67. The van der Waals surface area contributed by atoms with Gasteiger partial charge in [0.2, 0.25) is 5.91 Å². The summed E-state index contributed by atoms with van der Waals surface area (Å²) >= 11 is 0. The second kappa shape index (κ2) is 3.26. The molecule has 0 bridgehead atoms. The van der Waals surface area contributed by atoms with Crippen LogP contribution in [0.25, 0.3) is 0 Å². The highest BCUT2D eigenvalue weighted by Gasteiger charge is 1.98. The van der Waals surface area contributed by atoms with Crippen LogP contribution in [0.4, 0.5) is 5.69 Å². The van der Waals surface area contributed by atoms with Crippen molar-refractivity contribution in [3.05, 3.63) is 23.8 Å². The number of phenolic OH excluding ortho intramolecular Hbond substituents is 1. The molecular formula is C9H11NO2. The molecule has 1 aromatic carbocycles. The van der Waals surface area contributed by atoms with Crippen molar-refractivity contribution in [2.24, 2.45) is 0 Å². The molecule has 0 fully saturated rings. The van der Waals surface area contributed by atoms with Crippen molar-refractivity contribution in [1.82, 2.24) is 0 Å². The van der Waals surface area contributed by atoms with Gasteiger partial charge in [0.15, 0.2) is 0 Å². The summed E-state index contributed by atoms with van der Waals surface area (Å²) in [6.07, 6.45) is 0. The van der Waals surface area contributed by atoms with Gasteiger partial charge in [0.1, 0.15) is 5.75 Å². The van der Waals surface area contributed by atoms with Crippen LogP contribution in [-0.4, -0.2) is 11.0 Å². The molecule has 0 aliphatic heterocycles. The minimum absolute atomic E-state index is 0.111. The van der Waals surface area contributed by atoms with Gasteiger partial charge in [0.25, 0.3) is 0 Å². The highest BCUT2D eigenvalue weighted by Crippen LogP contribution is 2.19. The first-order chi connectivity index (χ1) is 5.59. The van der Waals surface area contributed by atoms with E-state index >= 15 is 0 Å². The van der Waals surface area contributed by atoms with Gasteiger partial charge in [0.05, 0.1) is 0 Å². The molecule has 0 radical (unpaired) electrons.